The number of nitrogens with zero attached hydrogens (tertiary/aromatic N) is 3. The zero-order valence-electron chi connectivity index (χ0n) is 11.3. The summed E-state index contributed by atoms with van der Waals surface area (Å²) in [4.78, 5) is 21.4. The summed E-state index contributed by atoms with van der Waals surface area (Å²) in [5.41, 5.74) is 1.27. The molecule has 2 aromatic heterocycles. The summed E-state index contributed by atoms with van der Waals surface area (Å²) >= 11 is 0. The Balaban J connectivity index is 2.22. The largest absolute Gasteiger partial charge is 0.475 e. The van der Waals surface area contributed by atoms with Crippen molar-refractivity contribution in [2.75, 3.05) is 31.2 Å². The van der Waals surface area contributed by atoms with Crippen molar-refractivity contribution >= 4 is 22.9 Å². The maximum absolute atomic E-state index is 11.2. The molecule has 106 valence electrons. The molecular weight excluding hydrogens is 262 g/mol. The van der Waals surface area contributed by atoms with Gasteiger partial charge in [-0.1, -0.05) is 0 Å². The van der Waals surface area contributed by atoms with Gasteiger partial charge in [0.05, 0.1) is 18.6 Å². The predicted molar refractivity (Wildman–Crippen MR) is 71.3 cm³/mol. The molecule has 0 radical (unpaired) electrons. The summed E-state index contributed by atoms with van der Waals surface area (Å²) in [7, 11) is 0. The zero-order chi connectivity index (χ0) is 14.3. The number of ether oxygens (including phenoxy) is 1. The lowest BCUT2D eigenvalue weighted by molar-refractivity contribution is 0.0683. The van der Waals surface area contributed by atoms with E-state index in [0.717, 1.165) is 16.7 Å². The Kier molecular flexibility index (Phi) is 3.06. The minimum absolute atomic E-state index is 0.243. The minimum Gasteiger partial charge on any atom is -0.475 e. The van der Waals surface area contributed by atoms with Crippen LogP contribution in [0, 0.1) is 13.8 Å². The molecule has 0 aliphatic carbocycles. The zero-order valence-corrected chi connectivity index (χ0v) is 11.3. The first-order valence-corrected chi connectivity index (χ1v) is 6.41. The SMILES string of the molecule is Cc1oc2nc(C(=O)O)nc(N3CCOCC3)c2c1C. The lowest BCUT2D eigenvalue weighted by atomic mass is 10.2. The van der Waals surface area contributed by atoms with Crippen LogP contribution in [-0.4, -0.2) is 47.3 Å². The van der Waals surface area contributed by atoms with Crippen LogP contribution in [0.15, 0.2) is 4.42 Å². The van der Waals surface area contributed by atoms with Gasteiger partial charge in [0.2, 0.25) is 11.5 Å². The molecule has 3 rings (SSSR count). The van der Waals surface area contributed by atoms with Crippen LogP contribution < -0.4 is 4.90 Å². The molecule has 0 aromatic carbocycles. The summed E-state index contributed by atoms with van der Waals surface area (Å²) in [5.74, 6) is -0.0581. The van der Waals surface area contributed by atoms with Gasteiger partial charge in [0.15, 0.2) is 0 Å². The van der Waals surface area contributed by atoms with Crippen LogP contribution in [0.25, 0.3) is 11.1 Å². The Bertz CT molecular complexity index is 674. The quantitative estimate of drug-likeness (QED) is 0.886. The molecule has 7 heteroatoms. The van der Waals surface area contributed by atoms with Crippen LogP contribution in [0.4, 0.5) is 5.82 Å². The van der Waals surface area contributed by atoms with Crippen LogP contribution >= 0.6 is 0 Å². The summed E-state index contributed by atoms with van der Waals surface area (Å²) < 4.78 is 10.9. The Morgan fingerprint density at radius 1 is 1.25 bits per heavy atom. The van der Waals surface area contributed by atoms with E-state index in [9.17, 15) is 4.79 Å². The number of anilines is 1. The van der Waals surface area contributed by atoms with E-state index < -0.39 is 5.97 Å². The molecule has 20 heavy (non-hydrogen) atoms. The van der Waals surface area contributed by atoms with Gasteiger partial charge in [-0.05, 0) is 13.8 Å². The van der Waals surface area contributed by atoms with Gasteiger partial charge >= 0.3 is 5.97 Å². The van der Waals surface area contributed by atoms with Gasteiger partial charge in [-0.3, -0.25) is 0 Å². The number of aromatic nitrogens is 2. The molecule has 1 aliphatic heterocycles. The number of carboxylic acid groups (broad SMARTS) is 1. The van der Waals surface area contributed by atoms with Crippen molar-refractivity contribution in [3.8, 4) is 0 Å². The third-order valence-electron chi connectivity index (χ3n) is 3.51. The Morgan fingerprint density at radius 3 is 2.60 bits per heavy atom. The Labute approximate surface area is 115 Å². The molecule has 3 heterocycles. The molecule has 1 saturated heterocycles. The number of carboxylic acids is 1. The highest BCUT2D eigenvalue weighted by molar-refractivity contribution is 5.94. The number of aryl methyl sites for hydroxylation is 2. The van der Waals surface area contributed by atoms with Crippen LogP contribution in [0.5, 0.6) is 0 Å². The summed E-state index contributed by atoms with van der Waals surface area (Å²) in [6.07, 6.45) is 0. The summed E-state index contributed by atoms with van der Waals surface area (Å²) in [5, 5.41) is 9.92. The first-order chi connectivity index (χ1) is 9.58. The van der Waals surface area contributed by atoms with Gasteiger partial charge in [-0.25, -0.2) is 9.78 Å². The van der Waals surface area contributed by atoms with Crippen molar-refractivity contribution in [3.63, 3.8) is 0 Å². The number of rotatable bonds is 2. The minimum atomic E-state index is -1.16. The fourth-order valence-corrected chi connectivity index (χ4v) is 2.33. The third-order valence-corrected chi connectivity index (χ3v) is 3.51. The van der Waals surface area contributed by atoms with Crippen LogP contribution in [0.3, 0.4) is 0 Å². The molecule has 0 saturated carbocycles. The average molecular weight is 277 g/mol. The topological polar surface area (TPSA) is 88.7 Å². The molecule has 1 aliphatic rings. The van der Waals surface area contributed by atoms with E-state index in [1.807, 2.05) is 18.7 Å². The molecule has 1 fully saturated rings. The number of furan rings is 1. The number of hydrogen-bond acceptors (Lipinski definition) is 6. The Morgan fingerprint density at radius 2 is 1.95 bits per heavy atom. The normalized spacial score (nSPS) is 15.8. The van der Waals surface area contributed by atoms with Crippen molar-refractivity contribution in [2.45, 2.75) is 13.8 Å². The molecule has 0 spiro atoms. The number of aromatic carboxylic acids is 1. The van der Waals surface area contributed by atoms with Gasteiger partial charge < -0.3 is 19.2 Å². The van der Waals surface area contributed by atoms with Crippen molar-refractivity contribution in [1.29, 1.82) is 0 Å². The number of morpholine rings is 1. The molecule has 2 aromatic rings. The second kappa shape index (κ2) is 4.75. The van der Waals surface area contributed by atoms with Crippen LogP contribution in [-0.2, 0) is 4.74 Å². The van der Waals surface area contributed by atoms with Gasteiger partial charge in [0.25, 0.3) is 0 Å². The molecular formula is C13H15N3O4. The Hall–Kier alpha value is -2.15. The highest BCUT2D eigenvalue weighted by Gasteiger charge is 2.23. The van der Waals surface area contributed by atoms with E-state index in [2.05, 4.69) is 9.97 Å². The highest BCUT2D eigenvalue weighted by Crippen LogP contribution is 2.31. The van der Waals surface area contributed by atoms with Crippen LogP contribution in [0.1, 0.15) is 21.9 Å². The van der Waals surface area contributed by atoms with Crippen LogP contribution in [0.2, 0.25) is 0 Å². The van der Waals surface area contributed by atoms with E-state index in [-0.39, 0.29) is 5.82 Å². The second-order valence-corrected chi connectivity index (χ2v) is 4.74. The fraction of sp³-hybridized carbons (Fsp3) is 0.462. The number of carbonyl (C=O) groups is 1. The summed E-state index contributed by atoms with van der Waals surface area (Å²) in [6.45, 7) is 6.31. The smallest absolute Gasteiger partial charge is 0.374 e. The first-order valence-electron chi connectivity index (χ1n) is 6.41. The van der Waals surface area contributed by atoms with Gasteiger partial charge in [0, 0.05) is 18.7 Å². The van der Waals surface area contributed by atoms with Gasteiger partial charge in [-0.2, -0.15) is 4.98 Å². The van der Waals surface area contributed by atoms with E-state index in [1.54, 1.807) is 0 Å². The number of fused-ring (bicyclic) bond motifs is 1. The number of hydrogen-bond donors (Lipinski definition) is 1. The first kappa shape index (κ1) is 12.9. The monoisotopic (exact) mass is 277 g/mol. The molecule has 7 nitrogen and oxygen atoms in total. The van der Waals surface area contributed by atoms with E-state index in [4.69, 9.17) is 14.3 Å². The molecule has 0 atom stereocenters. The predicted octanol–water partition coefficient (Wildman–Crippen LogP) is 1.37. The van der Waals surface area contributed by atoms with E-state index >= 15 is 0 Å². The van der Waals surface area contributed by atoms with Crippen molar-refractivity contribution in [2.24, 2.45) is 0 Å². The highest BCUT2D eigenvalue weighted by atomic mass is 16.5. The molecule has 0 amide bonds. The van der Waals surface area contributed by atoms with Crippen molar-refractivity contribution in [3.05, 3.63) is 17.1 Å². The maximum Gasteiger partial charge on any atom is 0.374 e. The maximum atomic E-state index is 11.2. The van der Waals surface area contributed by atoms with Crippen molar-refractivity contribution < 1.29 is 19.1 Å². The average Bonchev–Trinajstić information content (AvgIpc) is 2.74. The van der Waals surface area contributed by atoms with Gasteiger partial charge in [-0.15, -0.1) is 0 Å². The molecule has 0 unspecified atom stereocenters. The van der Waals surface area contributed by atoms with Crippen molar-refractivity contribution in [1.82, 2.24) is 9.97 Å². The third kappa shape index (κ3) is 2.00. The van der Waals surface area contributed by atoms with E-state index in [0.29, 0.717) is 37.8 Å². The second-order valence-electron chi connectivity index (χ2n) is 4.74. The molecule has 0 bridgehead atoms. The molecule has 1 N–H and O–H groups in total. The lowest BCUT2D eigenvalue weighted by Crippen LogP contribution is -2.37. The van der Waals surface area contributed by atoms with Gasteiger partial charge in [0.1, 0.15) is 11.6 Å². The lowest BCUT2D eigenvalue weighted by Gasteiger charge is -2.28. The fourth-order valence-electron chi connectivity index (χ4n) is 2.33. The van der Waals surface area contributed by atoms with E-state index in [1.165, 1.54) is 0 Å². The summed E-state index contributed by atoms with van der Waals surface area (Å²) in [6, 6.07) is 0. The standard InChI is InChI=1S/C13H15N3O4/c1-7-8(2)20-12-9(7)11(14-10(15-12)13(17)18)16-3-5-19-6-4-16/h3-6H2,1-2H3,(H,17,18).